The fourth-order valence-corrected chi connectivity index (χ4v) is 3.90. The molecule has 1 atom stereocenters. The Morgan fingerprint density at radius 1 is 1.08 bits per heavy atom. The topological polar surface area (TPSA) is 63.1 Å². The van der Waals surface area contributed by atoms with Crippen LogP contribution >= 0.6 is 0 Å². The third-order valence-corrected chi connectivity index (χ3v) is 5.30. The fraction of sp³-hybridized carbons (Fsp3) is 0.556. The van der Waals surface area contributed by atoms with Crippen LogP contribution in [0.5, 0.6) is 0 Å². The number of nitrogens with zero attached hydrogens (tertiary/aromatic N) is 5. The number of carbonyl (C=O) groups excluding carboxylic acids is 1. The van der Waals surface area contributed by atoms with E-state index in [1.165, 1.54) is 0 Å². The third-order valence-electron chi connectivity index (χ3n) is 5.30. The van der Waals surface area contributed by atoms with Crippen LogP contribution in [0.2, 0.25) is 0 Å². The van der Waals surface area contributed by atoms with Gasteiger partial charge in [0.05, 0.1) is 19.3 Å². The lowest BCUT2D eigenvalue weighted by atomic mass is 10.2. The lowest BCUT2D eigenvalue weighted by molar-refractivity contribution is 0.122. The molecule has 7 nitrogen and oxygen atoms in total. The van der Waals surface area contributed by atoms with Gasteiger partial charge in [0, 0.05) is 50.6 Å². The maximum absolute atomic E-state index is 12.9. The summed E-state index contributed by atoms with van der Waals surface area (Å²) in [6.07, 6.45) is 3.06. The zero-order chi connectivity index (χ0) is 17.2. The van der Waals surface area contributed by atoms with Gasteiger partial charge in [-0.2, -0.15) is 5.26 Å². The molecule has 0 radical (unpaired) electrons. The number of amides is 2. The Hall–Kier alpha value is -2.46. The Kier molecular flexibility index (Phi) is 4.36. The van der Waals surface area contributed by atoms with Crippen molar-refractivity contribution in [3.05, 3.63) is 24.3 Å². The average Bonchev–Trinajstić information content (AvgIpc) is 3.29. The van der Waals surface area contributed by atoms with Crippen molar-refractivity contribution in [1.29, 1.82) is 5.26 Å². The maximum Gasteiger partial charge on any atom is 0.324 e. The van der Waals surface area contributed by atoms with Gasteiger partial charge in [-0.25, -0.2) is 4.79 Å². The standard InChI is InChI=1S/C18H23N5O2/c19-14-20-5-4-17(13-20)23-7-6-22(18(23)24)16-3-1-2-15(12-16)21-8-10-25-11-9-21/h1-3,12,17H,4-11,13H2/t17-/m1/s1. The lowest BCUT2D eigenvalue weighted by Crippen LogP contribution is -2.40. The second kappa shape index (κ2) is 6.81. The summed E-state index contributed by atoms with van der Waals surface area (Å²) < 4.78 is 5.42. The third kappa shape index (κ3) is 3.10. The lowest BCUT2D eigenvalue weighted by Gasteiger charge is -2.30. The summed E-state index contributed by atoms with van der Waals surface area (Å²) in [5, 5.41) is 9.03. The van der Waals surface area contributed by atoms with E-state index >= 15 is 0 Å². The number of nitriles is 1. The molecular formula is C18H23N5O2. The highest BCUT2D eigenvalue weighted by Gasteiger charge is 2.37. The van der Waals surface area contributed by atoms with Crippen LogP contribution in [0.25, 0.3) is 0 Å². The van der Waals surface area contributed by atoms with Crippen molar-refractivity contribution in [2.75, 3.05) is 62.3 Å². The molecule has 3 aliphatic rings. The van der Waals surface area contributed by atoms with Gasteiger partial charge in [-0.1, -0.05) is 6.07 Å². The second-order valence-electron chi connectivity index (χ2n) is 6.74. The van der Waals surface area contributed by atoms with Gasteiger partial charge in [0.25, 0.3) is 0 Å². The van der Waals surface area contributed by atoms with Gasteiger partial charge in [-0.15, -0.1) is 0 Å². The number of benzene rings is 1. The molecule has 0 aromatic heterocycles. The summed E-state index contributed by atoms with van der Waals surface area (Å²) in [6.45, 7) is 6.10. The molecule has 2 amide bonds. The minimum absolute atomic E-state index is 0.0592. The maximum atomic E-state index is 12.9. The highest BCUT2D eigenvalue weighted by atomic mass is 16.5. The van der Waals surface area contributed by atoms with Crippen LogP contribution in [-0.4, -0.2) is 74.4 Å². The van der Waals surface area contributed by atoms with Crippen molar-refractivity contribution in [1.82, 2.24) is 9.80 Å². The van der Waals surface area contributed by atoms with Gasteiger partial charge in [0.15, 0.2) is 6.19 Å². The minimum atomic E-state index is 0.0592. The van der Waals surface area contributed by atoms with Crippen LogP contribution in [0.15, 0.2) is 24.3 Å². The molecule has 1 aromatic rings. The summed E-state index contributed by atoms with van der Waals surface area (Å²) in [4.78, 5) is 20.7. The highest BCUT2D eigenvalue weighted by Crippen LogP contribution is 2.28. The van der Waals surface area contributed by atoms with Gasteiger partial charge in [-0.05, 0) is 24.6 Å². The Labute approximate surface area is 148 Å². The van der Waals surface area contributed by atoms with E-state index in [9.17, 15) is 4.79 Å². The number of hydrogen-bond donors (Lipinski definition) is 0. The van der Waals surface area contributed by atoms with E-state index in [1.807, 2.05) is 21.9 Å². The Morgan fingerprint density at radius 2 is 1.88 bits per heavy atom. The number of ether oxygens (including phenoxy) is 1. The summed E-state index contributed by atoms with van der Waals surface area (Å²) in [5.74, 6) is 0. The summed E-state index contributed by atoms with van der Waals surface area (Å²) in [6, 6.07) is 8.42. The van der Waals surface area contributed by atoms with Crippen LogP contribution in [0, 0.1) is 11.5 Å². The Bertz CT molecular complexity index is 682. The van der Waals surface area contributed by atoms with Crippen LogP contribution in [0.4, 0.5) is 16.2 Å². The van der Waals surface area contributed by atoms with E-state index in [4.69, 9.17) is 10.00 Å². The first kappa shape index (κ1) is 16.0. The largest absolute Gasteiger partial charge is 0.378 e. The molecule has 0 unspecified atom stereocenters. The average molecular weight is 341 g/mol. The molecular weight excluding hydrogens is 318 g/mol. The van der Waals surface area contributed by atoms with Crippen molar-refractivity contribution >= 4 is 17.4 Å². The fourth-order valence-electron chi connectivity index (χ4n) is 3.90. The van der Waals surface area contributed by atoms with Crippen LogP contribution in [-0.2, 0) is 4.74 Å². The van der Waals surface area contributed by atoms with E-state index in [1.54, 1.807) is 4.90 Å². The molecule has 7 heteroatoms. The predicted molar refractivity (Wildman–Crippen MR) is 94.5 cm³/mol. The van der Waals surface area contributed by atoms with E-state index in [-0.39, 0.29) is 12.1 Å². The normalized spacial score (nSPS) is 24.1. The van der Waals surface area contributed by atoms with Crippen molar-refractivity contribution in [2.45, 2.75) is 12.5 Å². The van der Waals surface area contributed by atoms with Gasteiger partial charge in [0.1, 0.15) is 0 Å². The van der Waals surface area contributed by atoms with Crippen molar-refractivity contribution in [2.24, 2.45) is 0 Å². The molecule has 3 heterocycles. The first-order valence-corrected chi connectivity index (χ1v) is 8.92. The van der Waals surface area contributed by atoms with E-state index in [2.05, 4.69) is 23.2 Å². The molecule has 0 N–H and O–H groups in total. The number of hydrogen-bond acceptors (Lipinski definition) is 5. The summed E-state index contributed by atoms with van der Waals surface area (Å²) in [5.41, 5.74) is 2.09. The molecule has 25 heavy (non-hydrogen) atoms. The number of likely N-dealkylation sites (tertiary alicyclic amines) is 1. The van der Waals surface area contributed by atoms with Gasteiger partial charge in [-0.3, -0.25) is 4.90 Å². The molecule has 0 bridgehead atoms. The van der Waals surface area contributed by atoms with Gasteiger partial charge >= 0.3 is 6.03 Å². The second-order valence-corrected chi connectivity index (χ2v) is 6.74. The number of rotatable bonds is 3. The number of morpholine rings is 1. The summed E-state index contributed by atoms with van der Waals surface area (Å²) >= 11 is 0. The molecule has 1 aromatic carbocycles. The van der Waals surface area contributed by atoms with E-state index in [0.29, 0.717) is 13.1 Å². The molecule has 3 saturated heterocycles. The molecule has 0 saturated carbocycles. The van der Waals surface area contributed by atoms with Crippen molar-refractivity contribution in [3.63, 3.8) is 0 Å². The molecule has 3 aliphatic heterocycles. The smallest absolute Gasteiger partial charge is 0.324 e. The van der Waals surface area contributed by atoms with E-state index in [0.717, 1.165) is 57.2 Å². The number of urea groups is 1. The zero-order valence-corrected chi connectivity index (χ0v) is 14.3. The Morgan fingerprint density at radius 3 is 2.64 bits per heavy atom. The van der Waals surface area contributed by atoms with Crippen molar-refractivity contribution < 1.29 is 9.53 Å². The zero-order valence-electron chi connectivity index (χ0n) is 14.3. The van der Waals surface area contributed by atoms with Crippen LogP contribution in [0.1, 0.15) is 6.42 Å². The van der Waals surface area contributed by atoms with Crippen LogP contribution < -0.4 is 9.80 Å². The predicted octanol–water partition coefficient (Wildman–Crippen LogP) is 1.32. The first-order chi connectivity index (χ1) is 12.3. The monoisotopic (exact) mass is 341 g/mol. The minimum Gasteiger partial charge on any atom is -0.378 e. The molecule has 3 fully saturated rings. The summed E-state index contributed by atoms with van der Waals surface area (Å²) in [7, 11) is 0. The van der Waals surface area contributed by atoms with E-state index < -0.39 is 0 Å². The molecule has 0 spiro atoms. The molecule has 132 valence electrons. The quantitative estimate of drug-likeness (QED) is 0.776. The number of carbonyl (C=O) groups is 1. The highest BCUT2D eigenvalue weighted by molar-refractivity contribution is 5.94. The molecule has 4 rings (SSSR count). The Balaban J connectivity index is 1.47. The van der Waals surface area contributed by atoms with Gasteiger partial charge in [0.2, 0.25) is 0 Å². The SMILES string of the molecule is N#CN1CC[C@@H](N2CCN(c3cccc(N4CCOCC4)c3)C2=O)C1. The molecule has 0 aliphatic carbocycles. The van der Waals surface area contributed by atoms with Gasteiger partial charge < -0.3 is 19.4 Å². The van der Waals surface area contributed by atoms with Crippen molar-refractivity contribution in [3.8, 4) is 6.19 Å². The van der Waals surface area contributed by atoms with Crippen LogP contribution in [0.3, 0.4) is 0 Å². The first-order valence-electron chi connectivity index (χ1n) is 8.92. The number of anilines is 2.